The quantitative estimate of drug-likeness (QED) is 0.800. The number of rotatable bonds is 5. The zero-order valence-electron chi connectivity index (χ0n) is 12.4. The van der Waals surface area contributed by atoms with Crippen LogP contribution in [0.1, 0.15) is 53.4 Å². The van der Waals surface area contributed by atoms with Crippen LogP contribution in [0.2, 0.25) is 0 Å². The molecule has 2 N–H and O–H groups in total. The zero-order chi connectivity index (χ0) is 13.0. The lowest BCUT2D eigenvalue weighted by Gasteiger charge is -2.40. The van der Waals surface area contributed by atoms with E-state index in [-0.39, 0.29) is 0 Å². The fourth-order valence-electron chi connectivity index (χ4n) is 3.03. The summed E-state index contributed by atoms with van der Waals surface area (Å²) in [6.45, 7) is 10.4. The fourth-order valence-corrected chi connectivity index (χ4v) is 3.03. The number of hydrogen-bond acceptors (Lipinski definition) is 2. The standard InChI is InChI=1S/C15H32N2/c1-11(2)14(16)9-10-17(5)15-8-6-7-12(3)13(15)4/h11-15H,6-10,16H2,1-5H3. The molecule has 2 nitrogen and oxygen atoms in total. The van der Waals surface area contributed by atoms with Crippen molar-refractivity contribution in [3.63, 3.8) is 0 Å². The Balaban J connectivity index is 2.38. The minimum Gasteiger partial charge on any atom is -0.327 e. The van der Waals surface area contributed by atoms with Gasteiger partial charge in [-0.3, -0.25) is 0 Å². The predicted molar refractivity (Wildman–Crippen MR) is 76.0 cm³/mol. The van der Waals surface area contributed by atoms with Gasteiger partial charge in [0.1, 0.15) is 0 Å². The average molecular weight is 240 g/mol. The zero-order valence-corrected chi connectivity index (χ0v) is 12.4. The third-order valence-electron chi connectivity index (χ3n) is 4.90. The molecule has 1 rings (SSSR count). The van der Waals surface area contributed by atoms with Crippen LogP contribution in [0.3, 0.4) is 0 Å². The van der Waals surface area contributed by atoms with Gasteiger partial charge in [-0.1, -0.05) is 40.5 Å². The Kier molecular flexibility index (Phi) is 5.94. The minimum atomic E-state index is 0.355. The van der Waals surface area contributed by atoms with Gasteiger partial charge in [0.2, 0.25) is 0 Å². The van der Waals surface area contributed by atoms with Gasteiger partial charge in [0.15, 0.2) is 0 Å². The largest absolute Gasteiger partial charge is 0.327 e. The highest BCUT2D eigenvalue weighted by Crippen LogP contribution is 2.32. The van der Waals surface area contributed by atoms with E-state index in [1.807, 2.05) is 0 Å². The SMILES string of the molecule is CC(C)C(N)CCN(C)C1CCCC(C)C1C. The van der Waals surface area contributed by atoms with Gasteiger partial charge in [0, 0.05) is 12.1 Å². The average Bonchev–Trinajstić information content (AvgIpc) is 2.29. The molecule has 0 spiro atoms. The van der Waals surface area contributed by atoms with Crippen LogP contribution in [0.25, 0.3) is 0 Å². The van der Waals surface area contributed by atoms with E-state index in [9.17, 15) is 0 Å². The van der Waals surface area contributed by atoms with E-state index in [1.54, 1.807) is 0 Å². The van der Waals surface area contributed by atoms with Crippen LogP contribution in [-0.4, -0.2) is 30.6 Å². The second kappa shape index (κ2) is 6.75. The molecule has 17 heavy (non-hydrogen) atoms. The fraction of sp³-hybridized carbons (Fsp3) is 1.00. The molecule has 102 valence electrons. The molecule has 4 atom stereocenters. The topological polar surface area (TPSA) is 29.3 Å². The van der Waals surface area contributed by atoms with E-state index >= 15 is 0 Å². The first-order valence-corrected chi connectivity index (χ1v) is 7.39. The van der Waals surface area contributed by atoms with Crippen molar-refractivity contribution in [2.75, 3.05) is 13.6 Å². The van der Waals surface area contributed by atoms with Crippen molar-refractivity contribution in [3.8, 4) is 0 Å². The summed E-state index contributed by atoms with van der Waals surface area (Å²) < 4.78 is 0. The van der Waals surface area contributed by atoms with Crippen molar-refractivity contribution in [1.82, 2.24) is 4.90 Å². The monoisotopic (exact) mass is 240 g/mol. The van der Waals surface area contributed by atoms with Crippen molar-refractivity contribution in [2.24, 2.45) is 23.5 Å². The summed E-state index contributed by atoms with van der Waals surface area (Å²) in [5, 5.41) is 0. The van der Waals surface area contributed by atoms with Crippen molar-refractivity contribution >= 4 is 0 Å². The normalized spacial score (nSPS) is 32.1. The van der Waals surface area contributed by atoms with Crippen molar-refractivity contribution in [2.45, 2.75) is 65.5 Å². The second-order valence-corrected chi connectivity index (χ2v) is 6.51. The second-order valence-electron chi connectivity index (χ2n) is 6.51. The molecule has 0 radical (unpaired) electrons. The first kappa shape index (κ1) is 15.0. The summed E-state index contributed by atoms with van der Waals surface area (Å²) in [5.74, 6) is 2.32. The van der Waals surface area contributed by atoms with E-state index in [2.05, 4.69) is 39.6 Å². The van der Waals surface area contributed by atoms with Crippen LogP contribution < -0.4 is 5.73 Å². The first-order chi connectivity index (χ1) is 7.93. The number of nitrogens with two attached hydrogens (primary N) is 1. The van der Waals surface area contributed by atoms with Gasteiger partial charge >= 0.3 is 0 Å². The molecule has 0 aromatic carbocycles. The van der Waals surface area contributed by atoms with Crippen LogP contribution >= 0.6 is 0 Å². The smallest absolute Gasteiger partial charge is 0.0120 e. The van der Waals surface area contributed by atoms with Gasteiger partial charge in [-0.15, -0.1) is 0 Å². The van der Waals surface area contributed by atoms with Crippen molar-refractivity contribution in [3.05, 3.63) is 0 Å². The summed E-state index contributed by atoms with van der Waals surface area (Å²) in [6.07, 6.45) is 5.32. The van der Waals surface area contributed by atoms with Gasteiger partial charge in [0.05, 0.1) is 0 Å². The maximum Gasteiger partial charge on any atom is 0.0120 e. The lowest BCUT2D eigenvalue weighted by Crippen LogP contribution is -2.43. The molecular formula is C15H32N2. The molecule has 0 heterocycles. The van der Waals surface area contributed by atoms with E-state index in [0.29, 0.717) is 12.0 Å². The highest BCUT2D eigenvalue weighted by Gasteiger charge is 2.29. The molecule has 0 bridgehead atoms. The Morgan fingerprint density at radius 1 is 1.24 bits per heavy atom. The maximum absolute atomic E-state index is 6.13. The minimum absolute atomic E-state index is 0.355. The van der Waals surface area contributed by atoms with Crippen LogP contribution in [0.5, 0.6) is 0 Å². The van der Waals surface area contributed by atoms with Gasteiger partial charge in [-0.2, -0.15) is 0 Å². The lowest BCUT2D eigenvalue weighted by molar-refractivity contribution is 0.0990. The molecule has 1 aliphatic rings. The molecule has 0 aromatic rings. The summed E-state index contributed by atoms with van der Waals surface area (Å²) >= 11 is 0. The van der Waals surface area contributed by atoms with Crippen LogP contribution in [-0.2, 0) is 0 Å². The summed E-state index contributed by atoms with van der Waals surface area (Å²) in [6, 6.07) is 1.13. The Bertz CT molecular complexity index is 215. The van der Waals surface area contributed by atoms with Crippen molar-refractivity contribution in [1.29, 1.82) is 0 Å². The maximum atomic E-state index is 6.13. The molecule has 0 saturated heterocycles. The van der Waals surface area contributed by atoms with Gasteiger partial charge in [0.25, 0.3) is 0 Å². The number of hydrogen-bond donors (Lipinski definition) is 1. The van der Waals surface area contributed by atoms with Crippen LogP contribution in [0, 0.1) is 17.8 Å². The van der Waals surface area contributed by atoms with Gasteiger partial charge in [-0.25, -0.2) is 0 Å². The Hall–Kier alpha value is -0.0800. The van der Waals surface area contributed by atoms with Gasteiger partial charge in [-0.05, 0) is 44.2 Å². The molecule has 0 amide bonds. The third-order valence-corrected chi connectivity index (χ3v) is 4.90. The van der Waals surface area contributed by atoms with Crippen LogP contribution in [0.15, 0.2) is 0 Å². The summed E-state index contributed by atoms with van der Waals surface area (Å²) in [4.78, 5) is 2.56. The Morgan fingerprint density at radius 3 is 2.47 bits per heavy atom. The Labute approximate surface area is 108 Å². The molecule has 1 fully saturated rings. The third kappa shape index (κ3) is 4.26. The predicted octanol–water partition coefficient (Wildman–Crippen LogP) is 3.12. The molecule has 1 saturated carbocycles. The summed E-state index contributed by atoms with van der Waals surface area (Å²) in [5.41, 5.74) is 6.13. The molecule has 4 unspecified atom stereocenters. The highest BCUT2D eigenvalue weighted by molar-refractivity contribution is 4.83. The Morgan fingerprint density at radius 2 is 1.88 bits per heavy atom. The molecule has 2 heteroatoms. The number of nitrogens with zero attached hydrogens (tertiary/aromatic N) is 1. The first-order valence-electron chi connectivity index (χ1n) is 7.39. The van der Waals surface area contributed by atoms with E-state index < -0.39 is 0 Å². The van der Waals surface area contributed by atoms with E-state index in [1.165, 1.54) is 19.3 Å². The van der Waals surface area contributed by atoms with E-state index in [4.69, 9.17) is 5.73 Å². The lowest BCUT2D eigenvalue weighted by atomic mass is 9.77. The molecule has 0 aliphatic heterocycles. The van der Waals surface area contributed by atoms with Crippen LogP contribution in [0.4, 0.5) is 0 Å². The highest BCUT2D eigenvalue weighted by atomic mass is 15.1. The van der Waals surface area contributed by atoms with Gasteiger partial charge < -0.3 is 10.6 Å². The van der Waals surface area contributed by atoms with Crippen molar-refractivity contribution < 1.29 is 0 Å². The molecule has 0 aromatic heterocycles. The summed E-state index contributed by atoms with van der Waals surface area (Å²) in [7, 11) is 2.28. The molecule has 1 aliphatic carbocycles. The molecular weight excluding hydrogens is 208 g/mol. The van der Waals surface area contributed by atoms with E-state index in [0.717, 1.165) is 30.8 Å².